The second-order valence-corrected chi connectivity index (χ2v) is 5.42. The molecule has 0 aliphatic carbocycles. The minimum absolute atomic E-state index is 0.00259. The number of aromatic nitrogens is 2. The summed E-state index contributed by atoms with van der Waals surface area (Å²) in [5.41, 5.74) is 2.70. The smallest absolute Gasteiger partial charge is 0.130 e. The van der Waals surface area contributed by atoms with E-state index in [0.29, 0.717) is 18.0 Å². The Balaban J connectivity index is 2.13. The first-order valence-corrected chi connectivity index (χ1v) is 6.92. The van der Waals surface area contributed by atoms with Gasteiger partial charge in [-0.3, -0.25) is 4.68 Å². The van der Waals surface area contributed by atoms with E-state index in [4.69, 9.17) is 11.6 Å². The molecular formula is C15H18ClFN2O. The Morgan fingerprint density at radius 1 is 1.40 bits per heavy atom. The maximum Gasteiger partial charge on any atom is 0.130 e. The lowest BCUT2D eigenvalue weighted by Crippen LogP contribution is -2.13. The Hall–Kier alpha value is -1.39. The average Bonchev–Trinajstić information content (AvgIpc) is 2.64. The fourth-order valence-corrected chi connectivity index (χ4v) is 2.64. The number of aliphatic hydroxyl groups is 1. The molecule has 0 spiro atoms. The number of aryl methyl sites for hydroxylation is 2. The summed E-state index contributed by atoms with van der Waals surface area (Å²) >= 11 is 6.20. The van der Waals surface area contributed by atoms with Crippen molar-refractivity contribution in [1.29, 1.82) is 0 Å². The lowest BCUT2D eigenvalue weighted by molar-refractivity contribution is 0.225. The molecule has 1 N–H and O–H groups in total. The van der Waals surface area contributed by atoms with Crippen LogP contribution >= 0.6 is 11.6 Å². The highest BCUT2D eigenvalue weighted by atomic mass is 35.5. The second kappa shape index (κ2) is 6.37. The van der Waals surface area contributed by atoms with Crippen LogP contribution in [0.4, 0.5) is 4.39 Å². The molecule has 2 aromatic rings. The Morgan fingerprint density at radius 2 is 2.15 bits per heavy atom. The highest BCUT2D eigenvalue weighted by Gasteiger charge is 2.17. The lowest BCUT2D eigenvalue weighted by atomic mass is 9.93. The maximum atomic E-state index is 13.2. The summed E-state index contributed by atoms with van der Waals surface area (Å²) in [6.45, 7) is 1.93. The van der Waals surface area contributed by atoms with Gasteiger partial charge in [0.05, 0.1) is 5.69 Å². The molecule has 0 saturated carbocycles. The summed E-state index contributed by atoms with van der Waals surface area (Å²) in [4.78, 5) is 0. The molecule has 0 fully saturated rings. The van der Waals surface area contributed by atoms with Gasteiger partial charge >= 0.3 is 0 Å². The summed E-state index contributed by atoms with van der Waals surface area (Å²) in [6.07, 6.45) is 1.24. The Kier molecular flexibility index (Phi) is 4.78. The van der Waals surface area contributed by atoms with E-state index in [2.05, 4.69) is 5.10 Å². The van der Waals surface area contributed by atoms with E-state index >= 15 is 0 Å². The van der Waals surface area contributed by atoms with E-state index in [-0.39, 0.29) is 18.3 Å². The van der Waals surface area contributed by atoms with Crippen LogP contribution in [0.1, 0.15) is 16.8 Å². The number of rotatable bonds is 5. The molecule has 0 aliphatic heterocycles. The molecule has 0 radical (unpaired) electrons. The van der Waals surface area contributed by atoms with Gasteiger partial charge in [-0.15, -0.1) is 0 Å². The standard InChI is InChI=1S/C15H18ClFN2O/c1-10-14(15(16)19(2)18-10)8-12(9-20)6-11-4-3-5-13(17)7-11/h3-5,7,12,20H,6,8-9H2,1-2H3. The zero-order chi connectivity index (χ0) is 14.7. The highest BCUT2D eigenvalue weighted by Crippen LogP contribution is 2.23. The third-order valence-corrected chi connectivity index (χ3v) is 3.91. The summed E-state index contributed by atoms with van der Waals surface area (Å²) in [6, 6.07) is 6.46. The zero-order valence-electron chi connectivity index (χ0n) is 11.6. The summed E-state index contributed by atoms with van der Waals surface area (Å²) in [5, 5.41) is 14.4. The molecule has 2 rings (SSSR count). The van der Waals surface area contributed by atoms with Gasteiger partial charge in [-0.05, 0) is 43.4 Å². The van der Waals surface area contributed by atoms with Gasteiger partial charge in [0.2, 0.25) is 0 Å². The van der Waals surface area contributed by atoms with Crippen molar-refractivity contribution < 1.29 is 9.50 Å². The van der Waals surface area contributed by atoms with Crippen LogP contribution in [0.2, 0.25) is 5.15 Å². The topological polar surface area (TPSA) is 38.0 Å². The fourth-order valence-electron chi connectivity index (χ4n) is 2.39. The third kappa shape index (κ3) is 3.38. The summed E-state index contributed by atoms with van der Waals surface area (Å²) in [5.74, 6) is -0.257. The van der Waals surface area contributed by atoms with Crippen molar-refractivity contribution in [2.45, 2.75) is 19.8 Å². The van der Waals surface area contributed by atoms with Crippen molar-refractivity contribution in [3.63, 3.8) is 0 Å². The summed E-state index contributed by atoms with van der Waals surface area (Å²) in [7, 11) is 1.79. The van der Waals surface area contributed by atoms with Crippen molar-refractivity contribution in [2.75, 3.05) is 6.61 Å². The van der Waals surface area contributed by atoms with Gasteiger partial charge in [0.25, 0.3) is 0 Å². The van der Waals surface area contributed by atoms with Gasteiger partial charge in [0.15, 0.2) is 0 Å². The van der Waals surface area contributed by atoms with Crippen LogP contribution in [-0.2, 0) is 19.9 Å². The molecule has 0 amide bonds. The number of hydrogen-bond donors (Lipinski definition) is 1. The fraction of sp³-hybridized carbons (Fsp3) is 0.400. The van der Waals surface area contributed by atoms with Crippen LogP contribution in [0, 0.1) is 18.7 Å². The lowest BCUT2D eigenvalue weighted by Gasteiger charge is -2.14. The molecule has 0 bridgehead atoms. The molecule has 0 aliphatic rings. The molecule has 1 heterocycles. The van der Waals surface area contributed by atoms with Crippen LogP contribution in [0.5, 0.6) is 0 Å². The molecule has 3 nitrogen and oxygen atoms in total. The SMILES string of the molecule is Cc1nn(C)c(Cl)c1CC(CO)Cc1cccc(F)c1. The predicted octanol–water partition coefficient (Wildman–Crippen LogP) is 2.91. The van der Waals surface area contributed by atoms with Gasteiger partial charge in [-0.1, -0.05) is 23.7 Å². The van der Waals surface area contributed by atoms with Gasteiger partial charge < -0.3 is 5.11 Å². The molecular weight excluding hydrogens is 279 g/mol. The largest absolute Gasteiger partial charge is 0.396 e. The van der Waals surface area contributed by atoms with E-state index in [1.807, 2.05) is 13.0 Å². The van der Waals surface area contributed by atoms with Gasteiger partial charge in [0.1, 0.15) is 11.0 Å². The van der Waals surface area contributed by atoms with Crippen molar-refractivity contribution in [3.05, 3.63) is 52.1 Å². The first kappa shape index (κ1) is 15.0. The van der Waals surface area contributed by atoms with Crippen LogP contribution in [0.25, 0.3) is 0 Å². The molecule has 108 valence electrons. The summed E-state index contributed by atoms with van der Waals surface area (Å²) < 4.78 is 14.8. The third-order valence-electron chi connectivity index (χ3n) is 3.43. The predicted molar refractivity (Wildman–Crippen MR) is 77.3 cm³/mol. The zero-order valence-corrected chi connectivity index (χ0v) is 12.4. The molecule has 0 saturated heterocycles. The Labute approximate surface area is 123 Å². The molecule has 1 aromatic heterocycles. The minimum atomic E-state index is -0.255. The van der Waals surface area contributed by atoms with E-state index in [1.54, 1.807) is 17.8 Å². The van der Waals surface area contributed by atoms with Gasteiger partial charge in [0, 0.05) is 19.2 Å². The van der Waals surface area contributed by atoms with Crippen molar-refractivity contribution in [1.82, 2.24) is 9.78 Å². The first-order chi connectivity index (χ1) is 9.51. The number of benzene rings is 1. The maximum absolute atomic E-state index is 13.2. The van der Waals surface area contributed by atoms with Crippen LogP contribution in [0.3, 0.4) is 0 Å². The van der Waals surface area contributed by atoms with Crippen molar-refractivity contribution in [3.8, 4) is 0 Å². The quantitative estimate of drug-likeness (QED) is 0.921. The minimum Gasteiger partial charge on any atom is -0.396 e. The molecule has 5 heteroatoms. The molecule has 1 aromatic carbocycles. The molecule has 20 heavy (non-hydrogen) atoms. The highest BCUT2D eigenvalue weighted by molar-refractivity contribution is 6.30. The second-order valence-electron chi connectivity index (χ2n) is 5.07. The average molecular weight is 297 g/mol. The van der Waals surface area contributed by atoms with Crippen LogP contribution < -0.4 is 0 Å². The number of hydrogen-bond acceptors (Lipinski definition) is 2. The van der Waals surface area contributed by atoms with Crippen molar-refractivity contribution >= 4 is 11.6 Å². The first-order valence-electron chi connectivity index (χ1n) is 6.54. The van der Waals surface area contributed by atoms with Crippen LogP contribution in [-0.4, -0.2) is 21.5 Å². The van der Waals surface area contributed by atoms with Gasteiger partial charge in [-0.2, -0.15) is 5.10 Å². The number of aliphatic hydroxyl groups excluding tert-OH is 1. The van der Waals surface area contributed by atoms with E-state index in [0.717, 1.165) is 16.8 Å². The monoisotopic (exact) mass is 296 g/mol. The molecule has 1 atom stereocenters. The van der Waals surface area contributed by atoms with E-state index < -0.39 is 0 Å². The van der Waals surface area contributed by atoms with Crippen molar-refractivity contribution in [2.24, 2.45) is 13.0 Å². The van der Waals surface area contributed by atoms with E-state index in [1.165, 1.54) is 12.1 Å². The molecule has 1 unspecified atom stereocenters. The normalized spacial score (nSPS) is 12.7. The van der Waals surface area contributed by atoms with Crippen LogP contribution in [0.15, 0.2) is 24.3 Å². The van der Waals surface area contributed by atoms with E-state index in [9.17, 15) is 9.50 Å². The Bertz CT molecular complexity index is 598. The van der Waals surface area contributed by atoms with Gasteiger partial charge in [-0.25, -0.2) is 4.39 Å². The Morgan fingerprint density at radius 3 is 2.70 bits per heavy atom. The number of halogens is 2. The number of nitrogens with zero attached hydrogens (tertiary/aromatic N) is 2.